The Bertz CT molecular complexity index is 1280. The van der Waals surface area contributed by atoms with Crippen LogP contribution in [0.3, 0.4) is 0 Å². The van der Waals surface area contributed by atoms with E-state index in [4.69, 9.17) is 23.7 Å². The third-order valence-electron chi connectivity index (χ3n) is 7.44. The van der Waals surface area contributed by atoms with Crippen molar-refractivity contribution in [1.29, 1.82) is 0 Å². The van der Waals surface area contributed by atoms with Crippen molar-refractivity contribution >= 4 is 11.1 Å². The van der Waals surface area contributed by atoms with E-state index in [1.54, 1.807) is 14.2 Å². The van der Waals surface area contributed by atoms with E-state index in [1.807, 2.05) is 24.3 Å². The molecule has 3 aliphatic rings. The second kappa shape index (κ2) is 8.63. The lowest BCUT2D eigenvalue weighted by Crippen LogP contribution is -2.49. The Hall–Kier alpha value is -3.48. The lowest BCUT2D eigenvalue weighted by molar-refractivity contribution is 0.00191. The second-order valence-corrected chi connectivity index (χ2v) is 9.13. The first-order valence-electron chi connectivity index (χ1n) is 11.9. The number of benzene rings is 3. The minimum Gasteiger partial charge on any atom is -0.497 e. The molecule has 6 rings (SSSR count). The summed E-state index contributed by atoms with van der Waals surface area (Å²) in [4.78, 5) is 2.54. The average molecular weight is 472 g/mol. The van der Waals surface area contributed by atoms with Crippen molar-refractivity contribution in [2.45, 2.75) is 12.5 Å². The summed E-state index contributed by atoms with van der Waals surface area (Å²) in [6, 6.07) is 21.0. The molecule has 6 heteroatoms. The zero-order valence-electron chi connectivity index (χ0n) is 20.3. The average Bonchev–Trinajstić information content (AvgIpc) is 3.48. The molecule has 180 valence electrons. The maximum atomic E-state index is 5.83. The highest BCUT2D eigenvalue weighted by molar-refractivity contribution is 6.07. The first-order valence-corrected chi connectivity index (χ1v) is 11.9. The van der Waals surface area contributed by atoms with E-state index < -0.39 is 0 Å². The van der Waals surface area contributed by atoms with Gasteiger partial charge in [0.25, 0.3) is 0 Å². The highest BCUT2D eigenvalue weighted by Gasteiger charge is 2.48. The van der Waals surface area contributed by atoms with Crippen molar-refractivity contribution in [3.8, 4) is 23.0 Å². The van der Waals surface area contributed by atoms with Gasteiger partial charge in [0.05, 0.1) is 33.0 Å². The molecular formula is C29H29NO5. The Morgan fingerprint density at radius 1 is 0.771 bits per heavy atom. The van der Waals surface area contributed by atoms with Crippen molar-refractivity contribution in [3.63, 3.8) is 0 Å². The van der Waals surface area contributed by atoms with Crippen molar-refractivity contribution in [2.24, 2.45) is 0 Å². The number of rotatable bonds is 5. The Morgan fingerprint density at radius 3 is 1.94 bits per heavy atom. The van der Waals surface area contributed by atoms with E-state index in [0.29, 0.717) is 13.2 Å². The van der Waals surface area contributed by atoms with Crippen LogP contribution in [0, 0.1) is 0 Å². The molecule has 0 amide bonds. The Labute approximate surface area is 205 Å². The smallest absolute Gasteiger partial charge is 0.231 e. The Morgan fingerprint density at radius 2 is 1.34 bits per heavy atom. The van der Waals surface area contributed by atoms with E-state index in [2.05, 4.69) is 48.2 Å². The molecule has 6 nitrogen and oxygen atoms in total. The molecule has 35 heavy (non-hydrogen) atoms. The lowest BCUT2D eigenvalue weighted by Gasteiger charge is -2.43. The van der Waals surface area contributed by atoms with Gasteiger partial charge in [0.15, 0.2) is 11.5 Å². The molecule has 0 aromatic heterocycles. The van der Waals surface area contributed by atoms with Gasteiger partial charge in [0.2, 0.25) is 6.79 Å². The van der Waals surface area contributed by atoms with Gasteiger partial charge in [0, 0.05) is 13.1 Å². The number of nitrogens with zero attached hydrogens (tertiary/aromatic N) is 1. The molecule has 2 heterocycles. The maximum Gasteiger partial charge on any atom is 0.231 e. The first-order chi connectivity index (χ1) is 17.1. The highest BCUT2D eigenvalue weighted by Crippen LogP contribution is 2.57. The Kier molecular flexibility index (Phi) is 5.43. The molecule has 3 aromatic rings. The van der Waals surface area contributed by atoms with Gasteiger partial charge in [-0.2, -0.15) is 0 Å². The van der Waals surface area contributed by atoms with Crippen LogP contribution < -0.4 is 18.9 Å². The third-order valence-corrected chi connectivity index (χ3v) is 7.44. The van der Waals surface area contributed by atoms with Gasteiger partial charge in [-0.1, -0.05) is 24.3 Å². The molecule has 0 N–H and O–H groups in total. The zero-order chi connectivity index (χ0) is 24.0. The summed E-state index contributed by atoms with van der Waals surface area (Å²) in [7, 11) is 3.39. The van der Waals surface area contributed by atoms with E-state index in [-0.39, 0.29) is 12.3 Å². The summed E-state index contributed by atoms with van der Waals surface area (Å²) in [5.74, 6) is 3.26. The van der Waals surface area contributed by atoms with E-state index in [9.17, 15) is 0 Å². The first kappa shape index (κ1) is 22.0. The van der Waals surface area contributed by atoms with Crippen molar-refractivity contribution < 1.29 is 23.7 Å². The fourth-order valence-corrected chi connectivity index (χ4v) is 5.64. The fourth-order valence-electron chi connectivity index (χ4n) is 5.64. The molecule has 1 fully saturated rings. The largest absolute Gasteiger partial charge is 0.497 e. The minimum absolute atomic E-state index is 0.249. The van der Waals surface area contributed by atoms with Gasteiger partial charge in [-0.15, -0.1) is 0 Å². The lowest BCUT2D eigenvalue weighted by atomic mass is 9.81. The Balaban J connectivity index is 1.65. The summed E-state index contributed by atoms with van der Waals surface area (Å²) in [6.07, 6.45) is 0. The molecule has 1 unspecified atom stereocenters. The summed E-state index contributed by atoms with van der Waals surface area (Å²) < 4.78 is 28.3. The topological polar surface area (TPSA) is 49.4 Å². The quantitative estimate of drug-likeness (QED) is 0.525. The van der Waals surface area contributed by atoms with Gasteiger partial charge in [-0.25, -0.2) is 0 Å². The molecule has 0 saturated carbocycles. The van der Waals surface area contributed by atoms with E-state index >= 15 is 0 Å². The standard InChI is InChI=1S/C29H29NO5/c1-29(30-12-14-33-15-13-30)24-17-26-25(34-18-35-26)16-23(24)27(19-4-8-21(31-2)9-5-19)28(29)20-6-10-22(32-3)11-7-20/h4-11,16-17H,12-15,18H2,1-3H3. The molecule has 0 bridgehead atoms. The summed E-state index contributed by atoms with van der Waals surface area (Å²) in [5, 5.41) is 0. The van der Waals surface area contributed by atoms with E-state index in [1.165, 1.54) is 22.3 Å². The van der Waals surface area contributed by atoms with Crippen LogP contribution in [-0.4, -0.2) is 52.2 Å². The van der Waals surface area contributed by atoms with Crippen LogP contribution in [0.15, 0.2) is 60.7 Å². The minimum atomic E-state index is -0.385. The third kappa shape index (κ3) is 3.48. The normalized spacial score (nSPS) is 21.2. The fraction of sp³-hybridized carbons (Fsp3) is 0.310. The highest BCUT2D eigenvalue weighted by atomic mass is 16.7. The van der Waals surface area contributed by atoms with Gasteiger partial charge in [-0.3, -0.25) is 4.90 Å². The van der Waals surface area contributed by atoms with Crippen LogP contribution in [-0.2, 0) is 10.3 Å². The molecule has 1 saturated heterocycles. The summed E-state index contributed by atoms with van der Waals surface area (Å²) in [5.41, 5.74) is 6.74. The molecule has 0 spiro atoms. The number of ether oxygens (including phenoxy) is 5. The van der Waals surface area contributed by atoms with Crippen molar-refractivity contribution in [2.75, 3.05) is 47.3 Å². The van der Waals surface area contributed by atoms with Crippen LogP contribution in [0.1, 0.15) is 29.2 Å². The SMILES string of the molecule is COc1ccc(C2=C(c3ccc(OC)cc3)C(C)(N3CCOCC3)c3cc4c(cc32)OCO4)cc1. The van der Waals surface area contributed by atoms with Crippen LogP contribution >= 0.6 is 0 Å². The van der Waals surface area contributed by atoms with E-state index in [0.717, 1.165) is 47.2 Å². The monoisotopic (exact) mass is 471 g/mol. The van der Waals surface area contributed by atoms with Crippen LogP contribution in [0.25, 0.3) is 11.1 Å². The van der Waals surface area contributed by atoms with Gasteiger partial charge >= 0.3 is 0 Å². The number of hydrogen-bond donors (Lipinski definition) is 0. The van der Waals surface area contributed by atoms with Crippen LogP contribution in [0.5, 0.6) is 23.0 Å². The predicted molar refractivity (Wildman–Crippen MR) is 134 cm³/mol. The summed E-state index contributed by atoms with van der Waals surface area (Å²) in [6.45, 7) is 5.70. The molecule has 0 radical (unpaired) electrons. The van der Waals surface area contributed by atoms with Gasteiger partial charge in [0.1, 0.15) is 11.5 Å². The molecule has 2 aliphatic heterocycles. The molecule has 3 aromatic carbocycles. The van der Waals surface area contributed by atoms with Crippen molar-refractivity contribution in [3.05, 3.63) is 82.9 Å². The van der Waals surface area contributed by atoms with Crippen LogP contribution in [0.4, 0.5) is 0 Å². The zero-order valence-corrected chi connectivity index (χ0v) is 20.3. The summed E-state index contributed by atoms with van der Waals surface area (Å²) >= 11 is 0. The number of hydrogen-bond acceptors (Lipinski definition) is 6. The molecule has 1 aliphatic carbocycles. The maximum absolute atomic E-state index is 5.83. The number of fused-ring (bicyclic) bond motifs is 2. The molecular weight excluding hydrogens is 442 g/mol. The molecule has 1 atom stereocenters. The number of morpholine rings is 1. The number of methoxy groups -OCH3 is 2. The van der Waals surface area contributed by atoms with Gasteiger partial charge < -0.3 is 23.7 Å². The predicted octanol–water partition coefficient (Wildman–Crippen LogP) is 4.95. The second-order valence-electron chi connectivity index (χ2n) is 9.13. The van der Waals surface area contributed by atoms with Crippen molar-refractivity contribution in [1.82, 2.24) is 4.90 Å². The van der Waals surface area contributed by atoms with Crippen LogP contribution in [0.2, 0.25) is 0 Å². The van der Waals surface area contributed by atoms with Gasteiger partial charge in [-0.05, 0) is 76.7 Å².